The molecule has 0 atom stereocenters. The number of aromatic nitrogens is 1. The summed E-state index contributed by atoms with van der Waals surface area (Å²) in [6.07, 6.45) is 2.27. The molecule has 5 heteroatoms. The Morgan fingerprint density at radius 3 is 2.84 bits per heavy atom. The molecule has 2 heterocycles. The molecular weight excluding hydrogens is 348 g/mol. The zero-order chi connectivity index (χ0) is 17.4. The minimum atomic E-state index is 0.144. The largest absolute Gasteiger partial charge is 0.395 e. The average molecular weight is 370 g/mol. The highest BCUT2D eigenvalue weighted by atomic mass is 32.2. The number of β-amino-alcohol motifs (C(OH)–C–C–N with tert-alkyl or cyclic N) is 1. The number of aliphatic hydroxyl groups excluding tert-OH is 1. The molecule has 3 nitrogen and oxygen atoms in total. The molecule has 2 aromatic carbocycles. The van der Waals surface area contributed by atoms with Crippen LogP contribution in [0, 0.1) is 6.92 Å². The van der Waals surface area contributed by atoms with Crippen LogP contribution in [0.3, 0.4) is 0 Å². The minimum Gasteiger partial charge on any atom is -0.395 e. The average Bonchev–Trinajstić information content (AvgIpc) is 3.13. The van der Waals surface area contributed by atoms with Crippen LogP contribution in [-0.4, -0.2) is 18.3 Å². The molecule has 1 N–H and O–H groups in total. The molecule has 0 aliphatic carbocycles. The Hall–Kier alpha value is -1.82. The zero-order valence-corrected chi connectivity index (χ0v) is 16.0. The van der Waals surface area contributed by atoms with Gasteiger partial charge in [0.15, 0.2) is 0 Å². The molecule has 0 unspecified atom stereocenters. The molecule has 0 spiro atoms. The second kappa shape index (κ2) is 6.83. The number of anilines is 1. The van der Waals surface area contributed by atoms with Crippen LogP contribution in [0.2, 0.25) is 0 Å². The number of aliphatic hydroxyl groups is 1. The molecule has 3 aromatic rings. The van der Waals surface area contributed by atoms with Crippen molar-refractivity contribution in [3.8, 4) is 0 Å². The van der Waals surface area contributed by atoms with Crippen LogP contribution >= 0.6 is 23.1 Å². The Kier molecular flexibility index (Phi) is 4.54. The molecule has 1 aliphatic rings. The fourth-order valence-electron chi connectivity index (χ4n) is 3.24. The van der Waals surface area contributed by atoms with Gasteiger partial charge in [0.05, 0.1) is 23.4 Å². The number of benzene rings is 2. The van der Waals surface area contributed by atoms with Crippen molar-refractivity contribution in [2.24, 2.45) is 0 Å². The Labute approximate surface area is 156 Å². The van der Waals surface area contributed by atoms with Gasteiger partial charge in [-0.3, -0.25) is 0 Å². The van der Waals surface area contributed by atoms with Crippen LogP contribution in [0.5, 0.6) is 0 Å². The molecular formula is C20H21N2OS2+. The summed E-state index contributed by atoms with van der Waals surface area (Å²) in [6, 6.07) is 15.1. The highest BCUT2D eigenvalue weighted by Gasteiger charge is 2.27. The number of fused-ring (bicyclic) bond motifs is 2. The third kappa shape index (κ3) is 2.97. The minimum absolute atomic E-state index is 0.144. The van der Waals surface area contributed by atoms with Gasteiger partial charge in [0.1, 0.15) is 11.2 Å². The maximum atomic E-state index is 9.54. The van der Waals surface area contributed by atoms with Gasteiger partial charge in [0.25, 0.3) is 5.01 Å². The number of nitrogens with zero attached hydrogens (tertiary/aromatic N) is 2. The van der Waals surface area contributed by atoms with E-state index in [9.17, 15) is 5.11 Å². The number of aryl methyl sites for hydroxylation is 2. The summed E-state index contributed by atoms with van der Waals surface area (Å²) in [5, 5.41) is 12.0. The van der Waals surface area contributed by atoms with Crippen LogP contribution < -0.4 is 9.47 Å². The summed E-state index contributed by atoms with van der Waals surface area (Å²) in [5.41, 5.74) is 3.73. The van der Waals surface area contributed by atoms with E-state index >= 15 is 0 Å². The Balaban J connectivity index is 1.81. The first-order valence-electron chi connectivity index (χ1n) is 8.51. The molecule has 0 fully saturated rings. The maximum absolute atomic E-state index is 9.54. The Bertz CT molecular complexity index is 961. The van der Waals surface area contributed by atoms with E-state index in [0.29, 0.717) is 6.54 Å². The van der Waals surface area contributed by atoms with E-state index in [4.69, 9.17) is 0 Å². The summed E-state index contributed by atoms with van der Waals surface area (Å²) in [6.45, 7) is 6.00. The van der Waals surface area contributed by atoms with Crippen LogP contribution in [0.25, 0.3) is 16.3 Å². The normalized spacial score (nSPS) is 15.3. The van der Waals surface area contributed by atoms with Gasteiger partial charge in [-0.25, -0.2) is 0 Å². The van der Waals surface area contributed by atoms with E-state index < -0.39 is 0 Å². The standard InChI is InChI=1S/C20H21N2OS2/c1-3-21-15-6-4-5-7-17(15)24-19(21)13-20-22(10-11-23)16-12-14(2)8-9-18(16)25-20/h4-9,12-13,23H,3,10-11H2,1-2H3/q+1. The van der Waals surface area contributed by atoms with Gasteiger partial charge in [-0.05, 0) is 37.6 Å². The summed E-state index contributed by atoms with van der Waals surface area (Å²) in [4.78, 5) is 3.49. The SMILES string of the molecule is CC[n+]1c(C=C2Sc3ccc(C)cc3N2CCO)sc2ccccc21. The topological polar surface area (TPSA) is 27.4 Å². The maximum Gasteiger partial charge on any atom is 0.265 e. The van der Waals surface area contributed by atoms with Gasteiger partial charge in [-0.2, -0.15) is 4.57 Å². The lowest BCUT2D eigenvalue weighted by molar-refractivity contribution is -0.665. The fourth-order valence-corrected chi connectivity index (χ4v) is 5.58. The number of rotatable bonds is 4. The molecule has 1 aliphatic heterocycles. The van der Waals surface area contributed by atoms with E-state index in [1.807, 2.05) is 11.3 Å². The molecule has 0 bridgehead atoms. The van der Waals surface area contributed by atoms with Crippen molar-refractivity contribution in [1.82, 2.24) is 0 Å². The summed E-state index contributed by atoms with van der Waals surface area (Å²) >= 11 is 3.61. The summed E-state index contributed by atoms with van der Waals surface area (Å²) in [5.74, 6) is 0. The smallest absolute Gasteiger partial charge is 0.265 e. The molecule has 128 valence electrons. The van der Waals surface area contributed by atoms with E-state index in [2.05, 4.69) is 71.9 Å². The van der Waals surface area contributed by atoms with Gasteiger partial charge in [0, 0.05) is 17.5 Å². The number of thioether (sulfide) groups is 1. The predicted octanol–water partition coefficient (Wildman–Crippen LogP) is 4.42. The number of hydrogen-bond donors (Lipinski definition) is 1. The van der Waals surface area contributed by atoms with Crippen molar-refractivity contribution < 1.29 is 9.67 Å². The highest BCUT2D eigenvalue weighted by molar-refractivity contribution is 8.03. The second-order valence-electron chi connectivity index (χ2n) is 6.08. The fraction of sp³-hybridized carbons (Fsp3) is 0.250. The number of para-hydroxylation sites is 1. The van der Waals surface area contributed by atoms with Crippen LogP contribution in [-0.2, 0) is 6.54 Å². The molecule has 0 amide bonds. The Morgan fingerprint density at radius 2 is 2.04 bits per heavy atom. The monoisotopic (exact) mass is 369 g/mol. The molecule has 1 aromatic heterocycles. The molecule has 0 saturated heterocycles. The van der Waals surface area contributed by atoms with Crippen molar-refractivity contribution >= 4 is 45.1 Å². The van der Waals surface area contributed by atoms with E-state index in [1.54, 1.807) is 11.8 Å². The lowest BCUT2D eigenvalue weighted by Gasteiger charge is -2.19. The van der Waals surface area contributed by atoms with Gasteiger partial charge in [-0.1, -0.05) is 41.3 Å². The van der Waals surface area contributed by atoms with Crippen molar-refractivity contribution in [2.45, 2.75) is 25.3 Å². The molecule has 0 saturated carbocycles. The first-order valence-corrected chi connectivity index (χ1v) is 10.1. The van der Waals surface area contributed by atoms with Gasteiger partial charge in [0.2, 0.25) is 5.52 Å². The van der Waals surface area contributed by atoms with Crippen LogP contribution in [0.4, 0.5) is 5.69 Å². The molecule has 4 rings (SSSR count). The van der Waals surface area contributed by atoms with E-state index in [0.717, 1.165) is 6.54 Å². The third-order valence-electron chi connectivity index (χ3n) is 4.41. The van der Waals surface area contributed by atoms with E-state index in [-0.39, 0.29) is 6.61 Å². The lowest BCUT2D eigenvalue weighted by Crippen LogP contribution is -2.33. The van der Waals surface area contributed by atoms with E-state index in [1.165, 1.54) is 36.4 Å². The van der Waals surface area contributed by atoms with Crippen molar-refractivity contribution in [3.63, 3.8) is 0 Å². The van der Waals surface area contributed by atoms with Gasteiger partial charge >= 0.3 is 0 Å². The first kappa shape index (κ1) is 16.6. The van der Waals surface area contributed by atoms with Crippen LogP contribution in [0.15, 0.2) is 52.4 Å². The van der Waals surface area contributed by atoms with Crippen molar-refractivity contribution in [3.05, 3.63) is 58.1 Å². The lowest BCUT2D eigenvalue weighted by atomic mass is 10.2. The molecule has 25 heavy (non-hydrogen) atoms. The van der Waals surface area contributed by atoms with Crippen molar-refractivity contribution in [1.29, 1.82) is 0 Å². The van der Waals surface area contributed by atoms with Crippen LogP contribution in [0.1, 0.15) is 17.5 Å². The predicted molar refractivity (Wildman–Crippen MR) is 107 cm³/mol. The second-order valence-corrected chi connectivity index (χ2v) is 8.21. The van der Waals surface area contributed by atoms with Gasteiger partial charge < -0.3 is 10.0 Å². The number of thiazole rings is 1. The van der Waals surface area contributed by atoms with Crippen molar-refractivity contribution in [2.75, 3.05) is 18.1 Å². The first-order chi connectivity index (χ1) is 12.2. The highest BCUT2D eigenvalue weighted by Crippen LogP contribution is 2.47. The zero-order valence-electron chi connectivity index (χ0n) is 14.4. The van der Waals surface area contributed by atoms with Gasteiger partial charge in [-0.15, -0.1) is 0 Å². The quantitative estimate of drug-likeness (QED) is 0.690. The summed E-state index contributed by atoms with van der Waals surface area (Å²) < 4.78 is 3.67. The number of hydrogen-bond acceptors (Lipinski definition) is 4. The summed E-state index contributed by atoms with van der Waals surface area (Å²) in [7, 11) is 0. The third-order valence-corrected chi connectivity index (χ3v) is 6.63. The Morgan fingerprint density at radius 1 is 1.20 bits per heavy atom. The molecule has 0 radical (unpaired) electrons.